The van der Waals surface area contributed by atoms with Gasteiger partial charge in [-0.05, 0) is 42.8 Å². The van der Waals surface area contributed by atoms with Gasteiger partial charge in [0.15, 0.2) is 10.2 Å². The fourth-order valence-corrected chi connectivity index (χ4v) is 1.94. The average molecular weight is 395 g/mol. The topological polar surface area (TPSA) is 121 Å². The lowest BCUT2D eigenvalue weighted by atomic mass is 10.0. The predicted molar refractivity (Wildman–Crippen MR) is 111 cm³/mol. The first-order valence-corrected chi connectivity index (χ1v) is 8.52. The second kappa shape index (κ2) is 10.4. The molecule has 0 amide bonds. The molecular weight excluding hydrogens is 372 g/mol. The molecule has 0 saturated heterocycles. The molecular formula is C16H22N6O2S2. The van der Waals surface area contributed by atoms with Crippen LogP contribution in [0.15, 0.2) is 34.5 Å². The first kappa shape index (κ1) is 21.5. The molecule has 0 fully saturated rings. The Kier molecular flexibility index (Phi) is 8.59. The molecule has 0 aliphatic heterocycles. The second-order valence-electron chi connectivity index (χ2n) is 5.40. The maximum atomic E-state index is 10.6. The van der Waals surface area contributed by atoms with E-state index in [9.17, 15) is 4.79 Å². The van der Waals surface area contributed by atoms with Gasteiger partial charge in [0.1, 0.15) is 5.71 Å². The molecule has 26 heavy (non-hydrogen) atoms. The second-order valence-corrected chi connectivity index (χ2v) is 6.23. The van der Waals surface area contributed by atoms with Gasteiger partial charge in [0.2, 0.25) is 0 Å². The Morgan fingerprint density at radius 1 is 1.15 bits per heavy atom. The minimum absolute atomic E-state index is 0.115. The minimum Gasteiger partial charge on any atom is -0.481 e. The van der Waals surface area contributed by atoms with E-state index in [0.29, 0.717) is 18.6 Å². The molecule has 0 atom stereocenters. The van der Waals surface area contributed by atoms with E-state index in [2.05, 4.69) is 10.2 Å². The van der Waals surface area contributed by atoms with E-state index in [-0.39, 0.29) is 16.6 Å². The van der Waals surface area contributed by atoms with Gasteiger partial charge in [-0.1, -0.05) is 24.3 Å². The molecule has 0 spiro atoms. The van der Waals surface area contributed by atoms with Gasteiger partial charge in [-0.25, -0.2) is 10.0 Å². The van der Waals surface area contributed by atoms with Gasteiger partial charge in [-0.3, -0.25) is 4.79 Å². The van der Waals surface area contributed by atoms with Crippen molar-refractivity contribution in [3.63, 3.8) is 0 Å². The molecule has 0 heterocycles. The van der Waals surface area contributed by atoms with Crippen molar-refractivity contribution >= 4 is 52.6 Å². The molecule has 0 unspecified atom stereocenters. The Morgan fingerprint density at radius 3 is 2.23 bits per heavy atom. The molecule has 5 N–H and O–H groups in total. The highest BCUT2D eigenvalue weighted by Gasteiger charge is 2.07. The molecule has 1 rings (SSSR count). The van der Waals surface area contributed by atoms with E-state index in [0.717, 1.165) is 11.1 Å². The summed E-state index contributed by atoms with van der Waals surface area (Å²) < 4.78 is 0. The maximum Gasteiger partial charge on any atom is 0.303 e. The molecule has 0 radical (unpaired) electrons. The van der Waals surface area contributed by atoms with E-state index in [1.54, 1.807) is 14.1 Å². The van der Waals surface area contributed by atoms with Crippen LogP contribution >= 0.6 is 24.4 Å². The zero-order valence-electron chi connectivity index (χ0n) is 14.6. The predicted octanol–water partition coefficient (Wildman–Crippen LogP) is 1.13. The number of carboxylic acids is 1. The van der Waals surface area contributed by atoms with Crippen molar-refractivity contribution in [1.82, 2.24) is 10.0 Å². The van der Waals surface area contributed by atoms with Gasteiger partial charge in [0.25, 0.3) is 0 Å². The number of carbonyl (C=O) groups is 1. The number of carboxylic acid groups (broad SMARTS) is 1. The van der Waals surface area contributed by atoms with Crippen molar-refractivity contribution in [2.45, 2.75) is 19.3 Å². The number of aliphatic carboxylic acids is 1. The number of hydrogen-bond acceptors (Lipinski definition) is 5. The van der Waals surface area contributed by atoms with Crippen molar-refractivity contribution < 1.29 is 9.90 Å². The number of hydrogen-bond donors (Lipinski definition) is 3. The molecule has 1 aromatic carbocycles. The molecule has 1 aromatic rings. The van der Waals surface area contributed by atoms with Crippen LogP contribution in [0.25, 0.3) is 0 Å². The van der Waals surface area contributed by atoms with Crippen LogP contribution in [-0.4, -0.2) is 57.3 Å². The van der Waals surface area contributed by atoms with Crippen LogP contribution in [0.5, 0.6) is 0 Å². The summed E-state index contributed by atoms with van der Waals surface area (Å²) in [6.07, 6.45) is 2.92. The summed E-state index contributed by atoms with van der Waals surface area (Å²) >= 11 is 9.76. The van der Waals surface area contributed by atoms with Crippen molar-refractivity contribution in [3.8, 4) is 0 Å². The van der Waals surface area contributed by atoms with Crippen LogP contribution in [0.1, 0.15) is 24.0 Å². The largest absolute Gasteiger partial charge is 0.481 e. The number of nitrogens with zero attached hydrogens (tertiary/aromatic N) is 4. The maximum absolute atomic E-state index is 10.6. The Bertz CT molecular complexity index is 718. The number of rotatable bonds is 8. The lowest BCUT2D eigenvalue weighted by Crippen LogP contribution is -2.30. The smallest absolute Gasteiger partial charge is 0.303 e. The zero-order chi connectivity index (χ0) is 19.7. The Balaban J connectivity index is 3.01. The van der Waals surface area contributed by atoms with Gasteiger partial charge in [0.05, 0.1) is 6.21 Å². The quantitative estimate of drug-likeness (QED) is 0.341. The van der Waals surface area contributed by atoms with Gasteiger partial charge in [-0.2, -0.15) is 10.2 Å². The molecule has 10 heteroatoms. The summed E-state index contributed by atoms with van der Waals surface area (Å²) in [5.41, 5.74) is 13.4. The first-order chi connectivity index (χ1) is 12.2. The highest BCUT2D eigenvalue weighted by atomic mass is 32.1. The molecule has 8 nitrogen and oxygen atoms in total. The van der Waals surface area contributed by atoms with E-state index in [4.69, 9.17) is 41.0 Å². The molecule has 140 valence electrons. The lowest BCUT2D eigenvalue weighted by Gasteiger charge is -2.13. The molecule has 0 bridgehead atoms. The molecule has 0 aliphatic rings. The van der Waals surface area contributed by atoms with Crippen molar-refractivity contribution in [2.75, 3.05) is 14.1 Å². The van der Waals surface area contributed by atoms with Gasteiger partial charge in [-0.15, -0.1) is 0 Å². The van der Waals surface area contributed by atoms with E-state index >= 15 is 0 Å². The Morgan fingerprint density at radius 2 is 1.73 bits per heavy atom. The third kappa shape index (κ3) is 7.53. The van der Waals surface area contributed by atoms with Crippen molar-refractivity contribution in [2.24, 2.45) is 21.7 Å². The lowest BCUT2D eigenvalue weighted by molar-refractivity contribution is -0.137. The van der Waals surface area contributed by atoms with Crippen LogP contribution in [-0.2, 0) is 11.2 Å². The summed E-state index contributed by atoms with van der Waals surface area (Å²) in [5, 5.41) is 20.1. The monoisotopic (exact) mass is 394 g/mol. The standard InChI is InChI=1S/C16H22N6O2S2/c1-21(15(17)25)19-10-13(20-22(2)16(18)26)12-8-6-11(7-9-12)4-3-5-14(23)24/h6-10H,3-5H2,1-2H3,(H2,17,25)(H2,18,26)(H,23,24). The fraction of sp³-hybridized carbons (Fsp3) is 0.312. The first-order valence-electron chi connectivity index (χ1n) is 7.70. The molecule has 0 aliphatic carbocycles. The Labute approximate surface area is 163 Å². The number of aryl methyl sites for hydroxylation is 1. The van der Waals surface area contributed by atoms with E-state index in [1.807, 2.05) is 24.3 Å². The average Bonchev–Trinajstić information content (AvgIpc) is 2.58. The fourth-order valence-electron chi connectivity index (χ4n) is 1.85. The Hall–Kier alpha value is -2.59. The third-order valence-electron chi connectivity index (χ3n) is 3.35. The van der Waals surface area contributed by atoms with Gasteiger partial charge < -0.3 is 16.6 Å². The van der Waals surface area contributed by atoms with Crippen molar-refractivity contribution in [1.29, 1.82) is 0 Å². The summed E-state index contributed by atoms with van der Waals surface area (Å²) in [5.74, 6) is -0.796. The van der Waals surface area contributed by atoms with Crippen LogP contribution in [0.4, 0.5) is 0 Å². The van der Waals surface area contributed by atoms with Gasteiger partial charge >= 0.3 is 5.97 Å². The number of hydrazone groups is 2. The van der Waals surface area contributed by atoms with Crippen LogP contribution in [0, 0.1) is 0 Å². The minimum atomic E-state index is -0.796. The number of benzene rings is 1. The third-order valence-corrected chi connectivity index (χ3v) is 3.88. The summed E-state index contributed by atoms with van der Waals surface area (Å²) in [4.78, 5) is 10.6. The molecule has 0 aromatic heterocycles. The SMILES string of the molecule is CN(N=CC(=NN(C)C(N)=S)c1ccc(CCCC(=O)O)cc1)C(N)=S. The van der Waals surface area contributed by atoms with Crippen LogP contribution in [0.2, 0.25) is 0 Å². The van der Waals surface area contributed by atoms with E-state index in [1.165, 1.54) is 16.2 Å². The summed E-state index contributed by atoms with van der Waals surface area (Å²) in [7, 11) is 3.26. The summed E-state index contributed by atoms with van der Waals surface area (Å²) in [6.45, 7) is 0. The highest BCUT2D eigenvalue weighted by Crippen LogP contribution is 2.09. The number of thiocarbonyl (C=S) groups is 2. The number of nitrogens with two attached hydrogens (primary N) is 2. The zero-order valence-corrected chi connectivity index (χ0v) is 16.3. The van der Waals surface area contributed by atoms with Gasteiger partial charge in [0, 0.05) is 26.1 Å². The van der Waals surface area contributed by atoms with Crippen molar-refractivity contribution in [3.05, 3.63) is 35.4 Å². The molecule has 0 saturated carbocycles. The van der Waals surface area contributed by atoms with Crippen LogP contribution in [0.3, 0.4) is 0 Å². The highest BCUT2D eigenvalue weighted by molar-refractivity contribution is 7.80. The van der Waals surface area contributed by atoms with E-state index < -0.39 is 5.97 Å². The normalized spacial score (nSPS) is 11.4. The summed E-state index contributed by atoms with van der Waals surface area (Å²) in [6, 6.07) is 7.57. The van der Waals surface area contributed by atoms with Crippen LogP contribution < -0.4 is 11.5 Å².